The van der Waals surface area contributed by atoms with Gasteiger partial charge in [0.25, 0.3) is 0 Å². The molecule has 22 heavy (non-hydrogen) atoms. The van der Waals surface area contributed by atoms with Crippen LogP contribution in [-0.4, -0.2) is 12.5 Å². The predicted octanol–water partition coefficient (Wildman–Crippen LogP) is 4.61. The van der Waals surface area contributed by atoms with E-state index in [-0.39, 0.29) is 11.8 Å². The first-order valence-electron chi connectivity index (χ1n) is 7.83. The summed E-state index contributed by atoms with van der Waals surface area (Å²) in [5.41, 5.74) is 1.77. The molecule has 3 nitrogen and oxygen atoms in total. The molecular formula is C19H23NO2. The molecular weight excluding hydrogens is 274 g/mol. The van der Waals surface area contributed by atoms with Crippen LogP contribution in [-0.2, 0) is 4.79 Å². The lowest BCUT2D eigenvalue weighted by molar-refractivity contribution is -0.117. The number of ether oxygens (including phenoxy) is 1. The lowest BCUT2D eigenvalue weighted by Crippen LogP contribution is -2.21. The number of para-hydroxylation sites is 2. The lowest BCUT2D eigenvalue weighted by Gasteiger charge is -2.17. The zero-order valence-corrected chi connectivity index (χ0v) is 13.2. The van der Waals surface area contributed by atoms with E-state index in [2.05, 4.69) is 12.2 Å². The Bertz CT molecular complexity index is 595. The smallest absolute Gasteiger partial charge is 0.232 e. The molecule has 1 amide bonds. The summed E-state index contributed by atoms with van der Waals surface area (Å²) in [5.74, 6) is 0.572. The second-order valence-electron chi connectivity index (χ2n) is 5.21. The fourth-order valence-corrected chi connectivity index (χ4v) is 2.39. The predicted molar refractivity (Wildman–Crippen MR) is 90.3 cm³/mol. The monoisotopic (exact) mass is 297 g/mol. The van der Waals surface area contributed by atoms with Gasteiger partial charge in [0.1, 0.15) is 5.75 Å². The largest absolute Gasteiger partial charge is 0.491 e. The van der Waals surface area contributed by atoms with E-state index in [1.54, 1.807) is 0 Å². The molecule has 0 aliphatic carbocycles. The van der Waals surface area contributed by atoms with Gasteiger partial charge in [0, 0.05) is 0 Å². The van der Waals surface area contributed by atoms with Crippen LogP contribution in [0.5, 0.6) is 5.75 Å². The number of carbonyl (C=O) groups excluding carboxylic acids is 1. The molecule has 0 bridgehead atoms. The third-order valence-electron chi connectivity index (χ3n) is 3.53. The van der Waals surface area contributed by atoms with Crippen LogP contribution in [0.2, 0.25) is 0 Å². The van der Waals surface area contributed by atoms with Crippen LogP contribution < -0.4 is 10.1 Å². The summed E-state index contributed by atoms with van der Waals surface area (Å²) in [7, 11) is 0. The number of rotatable bonds is 7. The summed E-state index contributed by atoms with van der Waals surface area (Å²) in [4.78, 5) is 12.6. The van der Waals surface area contributed by atoms with Crippen LogP contribution in [0.3, 0.4) is 0 Å². The first kappa shape index (κ1) is 16.1. The van der Waals surface area contributed by atoms with Gasteiger partial charge in [0.05, 0.1) is 18.2 Å². The molecule has 0 aliphatic heterocycles. The second-order valence-corrected chi connectivity index (χ2v) is 5.21. The van der Waals surface area contributed by atoms with Crippen LogP contribution >= 0.6 is 0 Å². The Morgan fingerprint density at radius 3 is 2.41 bits per heavy atom. The fraction of sp³-hybridized carbons (Fsp3) is 0.316. The Morgan fingerprint density at radius 2 is 1.73 bits per heavy atom. The molecule has 116 valence electrons. The maximum absolute atomic E-state index is 12.6. The molecule has 2 aromatic rings. The topological polar surface area (TPSA) is 38.3 Å². The molecule has 2 aromatic carbocycles. The maximum atomic E-state index is 12.6. The van der Waals surface area contributed by atoms with Gasteiger partial charge in [-0.25, -0.2) is 0 Å². The highest BCUT2D eigenvalue weighted by molar-refractivity contribution is 5.97. The van der Waals surface area contributed by atoms with Crippen molar-refractivity contribution in [3.63, 3.8) is 0 Å². The zero-order valence-electron chi connectivity index (χ0n) is 13.2. The van der Waals surface area contributed by atoms with Gasteiger partial charge in [-0.05, 0) is 30.5 Å². The summed E-state index contributed by atoms with van der Waals surface area (Å²) >= 11 is 0. The number of amides is 1. The van der Waals surface area contributed by atoms with Crippen LogP contribution in [0.1, 0.15) is 38.2 Å². The van der Waals surface area contributed by atoms with Crippen LogP contribution in [0, 0.1) is 0 Å². The number of carbonyl (C=O) groups is 1. The third kappa shape index (κ3) is 4.10. The van der Waals surface area contributed by atoms with Gasteiger partial charge in [-0.2, -0.15) is 0 Å². The van der Waals surface area contributed by atoms with Crippen molar-refractivity contribution in [2.75, 3.05) is 11.9 Å². The SMILES string of the molecule is CCCOc1ccccc1NC(=O)C(CC)c1ccccc1. The van der Waals surface area contributed by atoms with Gasteiger partial charge in [-0.3, -0.25) is 4.79 Å². The van der Waals surface area contributed by atoms with Crippen molar-refractivity contribution in [3.8, 4) is 5.75 Å². The first-order valence-corrected chi connectivity index (χ1v) is 7.83. The van der Waals surface area contributed by atoms with E-state index >= 15 is 0 Å². The quantitative estimate of drug-likeness (QED) is 0.810. The van der Waals surface area contributed by atoms with Crippen molar-refractivity contribution in [3.05, 3.63) is 60.2 Å². The Morgan fingerprint density at radius 1 is 1.05 bits per heavy atom. The molecule has 2 rings (SSSR count). The van der Waals surface area contributed by atoms with Gasteiger partial charge in [0.2, 0.25) is 5.91 Å². The lowest BCUT2D eigenvalue weighted by atomic mass is 9.95. The van der Waals surface area contributed by atoms with Gasteiger partial charge in [0.15, 0.2) is 0 Å². The molecule has 0 saturated carbocycles. The molecule has 1 unspecified atom stereocenters. The van der Waals surface area contributed by atoms with E-state index in [1.165, 1.54) is 0 Å². The van der Waals surface area contributed by atoms with E-state index in [9.17, 15) is 4.79 Å². The second kappa shape index (κ2) is 8.23. The minimum atomic E-state index is -0.152. The molecule has 0 radical (unpaired) electrons. The van der Waals surface area contributed by atoms with E-state index in [4.69, 9.17) is 4.74 Å². The zero-order chi connectivity index (χ0) is 15.8. The number of nitrogens with one attached hydrogen (secondary N) is 1. The van der Waals surface area contributed by atoms with E-state index in [1.807, 2.05) is 61.5 Å². The summed E-state index contributed by atoms with van der Waals surface area (Å²) in [5, 5.41) is 3.00. The minimum absolute atomic E-state index is 0.00116. The fourth-order valence-electron chi connectivity index (χ4n) is 2.39. The molecule has 0 spiro atoms. The van der Waals surface area contributed by atoms with Gasteiger partial charge < -0.3 is 10.1 Å². The molecule has 1 N–H and O–H groups in total. The highest BCUT2D eigenvalue weighted by Crippen LogP contribution is 2.27. The number of hydrogen-bond acceptors (Lipinski definition) is 2. The van der Waals surface area contributed by atoms with Crippen molar-refractivity contribution < 1.29 is 9.53 Å². The Labute approximate surface area is 132 Å². The van der Waals surface area contributed by atoms with Crippen LogP contribution in [0.25, 0.3) is 0 Å². The summed E-state index contributed by atoms with van der Waals surface area (Å²) in [6.07, 6.45) is 1.69. The average Bonchev–Trinajstić information content (AvgIpc) is 2.56. The third-order valence-corrected chi connectivity index (χ3v) is 3.53. The summed E-state index contributed by atoms with van der Waals surface area (Å²) < 4.78 is 5.69. The number of anilines is 1. The van der Waals surface area contributed by atoms with Crippen molar-refractivity contribution in [2.24, 2.45) is 0 Å². The Kier molecular flexibility index (Phi) is 6.01. The van der Waals surface area contributed by atoms with Crippen molar-refractivity contribution in [2.45, 2.75) is 32.6 Å². The minimum Gasteiger partial charge on any atom is -0.491 e. The molecule has 0 aromatic heterocycles. The molecule has 0 saturated heterocycles. The number of benzene rings is 2. The Balaban J connectivity index is 2.14. The van der Waals surface area contributed by atoms with E-state index < -0.39 is 0 Å². The normalized spacial score (nSPS) is 11.7. The highest BCUT2D eigenvalue weighted by Gasteiger charge is 2.19. The van der Waals surface area contributed by atoms with Gasteiger partial charge in [-0.15, -0.1) is 0 Å². The average molecular weight is 297 g/mol. The standard InChI is InChI=1S/C19H23NO2/c1-3-14-22-18-13-9-8-12-17(18)20-19(21)16(4-2)15-10-6-5-7-11-15/h5-13,16H,3-4,14H2,1-2H3,(H,20,21). The first-order chi connectivity index (χ1) is 10.8. The van der Waals surface area contributed by atoms with Gasteiger partial charge >= 0.3 is 0 Å². The highest BCUT2D eigenvalue weighted by atomic mass is 16.5. The molecule has 3 heteroatoms. The maximum Gasteiger partial charge on any atom is 0.232 e. The van der Waals surface area contributed by atoms with Crippen molar-refractivity contribution in [1.82, 2.24) is 0 Å². The van der Waals surface area contributed by atoms with Crippen LogP contribution in [0.15, 0.2) is 54.6 Å². The summed E-state index contributed by atoms with van der Waals surface area (Å²) in [6.45, 7) is 4.73. The molecule has 0 fully saturated rings. The van der Waals surface area contributed by atoms with E-state index in [0.717, 1.165) is 29.8 Å². The Hall–Kier alpha value is -2.29. The van der Waals surface area contributed by atoms with Crippen LogP contribution in [0.4, 0.5) is 5.69 Å². The number of hydrogen-bond donors (Lipinski definition) is 1. The molecule has 0 heterocycles. The van der Waals surface area contributed by atoms with E-state index in [0.29, 0.717) is 6.61 Å². The molecule has 0 aliphatic rings. The molecule has 1 atom stereocenters. The van der Waals surface area contributed by atoms with Gasteiger partial charge in [-0.1, -0.05) is 56.3 Å². The van der Waals surface area contributed by atoms with Crippen molar-refractivity contribution in [1.29, 1.82) is 0 Å². The summed E-state index contributed by atoms with van der Waals surface area (Å²) in [6, 6.07) is 17.4. The van der Waals surface area contributed by atoms with Crippen molar-refractivity contribution >= 4 is 11.6 Å².